The lowest BCUT2D eigenvalue weighted by molar-refractivity contribution is 0.352. The first-order valence-corrected chi connectivity index (χ1v) is 10.6. The summed E-state index contributed by atoms with van der Waals surface area (Å²) in [6.07, 6.45) is 0. The molecule has 2 aromatic carbocycles. The Morgan fingerprint density at radius 1 is 0.724 bits per heavy atom. The molecule has 3 rings (SSSR count). The van der Waals surface area contributed by atoms with Gasteiger partial charge in [0.05, 0.1) is 39.0 Å². The molecular weight excluding hydrogens is 396 g/mol. The minimum Gasteiger partial charge on any atom is -0.497 e. The number of hydrogen-bond acceptors (Lipinski definition) is 7. The van der Waals surface area contributed by atoms with E-state index in [0.29, 0.717) is 49.2 Å². The molecule has 158 valence electrons. The van der Waals surface area contributed by atoms with E-state index in [1.165, 1.54) is 30.7 Å². The Morgan fingerprint density at radius 3 is 1.97 bits per heavy atom. The predicted molar refractivity (Wildman–Crippen MR) is 110 cm³/mol. The van der Waals surface area contributed by atoms with Crippen LogP contribution in [-0.4, -0.2) is 67.3 Å². The average molecular weight is 423 g/mol. The normalized spacial score (nSPS) is 15.1. The van der Waals surface area contributed by atoms with Gasteiger partial charge < -0.3 is 23.8 Å². The van der Waals surface area contributed by atoms with Crippen LogP contribution in [0.4, 0.5) is 5.69 Å². The highest BCUT2D eigenvalue weighted by atomic mass is 32.2. The van der Waals surface area contributed by atoms with Crippen molar-refractivity contribution in [2.45, 2.75) is 4.90 Å². The van der Waals surface area contributed by atoms with Crippen LogP contribution in [0.1, 0.15) is 0 Å². The summed E-state index contributed by atoms with van der Waals surface area (Å²) in [6.45, 7) is 1.84. The van der Waals surface area contributed by atoms with Gasteiger partial charge in [-0.3, -0.25) is 0 Å². The van der Waals surface area contributed by atoms with E-state index in [9.17, 15) is 8.42 Å². The summed E-state index contributed by atoms with van der Waals surface area (Å²) in [7, 11) is 2.57. The fourth-order valence-corrected chi connectivity index (χ4v) is 4.78. The second-order valence-corrected chi connectivity index (χ2v) is 8.38. The average Bonchev–Trinajstić information content (AvgIpc) is 2.78. The number of anilines is 1. The fourth-order valence-electron chi connectivity index (χ4n) is 3.34. The van der Waals surface area contributed by atoms with Crippen LogP contribution in [0.25, 0.3) is 0 Å². The third kappa shape index (κ3) is 4.20. The molecule has 0 spiro atoms. The summed E-state index contributed by atoms with van der Waals surface area (Å²) in [5.41, 5.74) is 0.913. The minimum absolute atomic E-state index is 0.186. The molecule has 0 unspecified atom stereocenters. The zero-order chi connectivity index (χ0) is 21.0. The molecule has 1 heterocycles. The molecule has 0 saturated carbocycles. The Bertz CT molecular complexity index is 955. The summed E-state index contributed by atoms with van der Waals surface area (Å²) < 4.78 is 48.8. The first-order valence-electron chi connectivity index (χ1n) is 9.13. The van der Waals surface area contributed by atoms with E-state index in [-0.39, 0.29) is 4.90 Å². The van der Waals surface area contributed by atoms with Gasteiger partial charge in [-0.25, -0.2) is 8.42 Å². The van der Waals surface area contributed by atoms with Gasteiger partial charge in [-0.15, -0.1) is 0 Å². The highest BCUT2D eigenvalue weighted by Crippen LogP contribution is 2.34. The molecular formula is C20H26N2O6S. The van der Waals surface area contributed by atoms with E-state index < -0.39 is 10.0 Å². The number of nitrogens with zero attached hydrogens (tertiary/aromatic N) is 2. The Labute approximate surface area is 171 Å². The zero-order valence-electron chi connectivity index (χ0n) is 17.0. The van der Waals surface area contributed by atoms with Crippen molar-refractivity contribution in [2.75, 3.05) is 59.5 Å². The van der Waals surface area contributed by atoms with E-state index in [4.69, 9.17) is 18.9 Å². The van der Waals surface area contributed by atoms with E-state index in [0.717, 1.165) is 5.69 Å². The van der Waals surface area contributed by atoms with Gasteiger partial charge in [0.25, 0.3) is 0 Å². The van der Waals surface area contributed by atoms with Crippen molar-refractivity contribution in [2.24, 2.45) is 0 Å². The van der Waals surface area contributed by atoms with Crippen LogP contribution in [0, 0.1) is 0 Å². The van der Waals surface area contributed by atoms with Crippen LogP contribution < -0.4 is 23.8 Å². The predicted octanol–water partition coefficient (Wildman–Crippen LogP) is 2.23. The smallest absolute Gasteiger partial charge is 0.243 e. The second-order valence-electron chi connectivity index (χ2n) is 6.45. The van der Waals surface area contributed by atoms with Gasteiger partial charge >= 0.3 is 0 Å². The standard InChI is InChI=1S/C20H26N2O6S/c1-25-15-5-7-17(19(13-15)27-3)21-9-11-22(12-10-21)29(23,24)16-6-8-18(26-2)20(14-16)28-4/h5-8,13-14H,9-12H2,1-4H3. The van der Waals surface area contributed by atoms with Gasteiger partial charge in [0.1, 0.15) is 11.5 Å². The first kappa shape index (κ1) is 21.1. The van der Waals surface area contributed by atoms with Crippen molar-refractivity contribution in [1.29, 1.82) is 0 Å². The molecule has 0 bridgehead atoms. The lowest BCUT2D eigenvalue weighted by Gasteiger charge is -2.36. The van der Waals surface area contributed by atoms with E-state index in [2.05, 4.69) is 4.90 Å². The molecule has 29 heavy (non-hydrogen) atoms. The number of rotatable bonds is 7. The largest absolute Gasteiger partial charge is 0.497 e. The maximum Gasteiger partial charge on any atom is 0.243 e. The Kier molecular flexibility index (Phi) is 6.39. The summed E-state index contributed by atoms with van der Waals surface area (Å²) in [5, 5.41) is 0. The number of hydrogen-bond donors (Lipinski definition) is 0. The van der Waals surface area contributed by atoms with E-state index >= 15 is 0 Å². The second kappa shape index (κ2) is 8.79. The quantitative estimate of drug-likeness (QED) is 0.677. The summed E-state index contributed by atoms with van der Waals surface area (Å²) in [6, 6.07) is 10.2. The minimum atomic E-state index is -3.63. The van der Waals surface area contributed by atoms with Gasteiger partial charge in [0, 0.05) is 38.3 Å². The van der Waals surface area contributed by atoms with Crippen LogP contribution in [0.15, 0.2) is 41.3 Å². The number of methoxy groups -OCH3 is 4. The van der Waals surface area contributed by atoms with Crippen LogP contribution in [0.2, 0.25) is 0 Å². The van der Waals surface area contributed by atoms with Gasteiger partial charge in [0.2, 0.25) is 10.0 Å². The lowest BCUT2D eigenvalue weighted by Crippen LogP contribution is -2.48. The Hall–Kier alpha value is -2.65. The van der Waals surface area contributed by atoms with Gasteiger partial charge in [0.15, 0.2) is 11.5 Å². The Balaban J connectivity index is 1.76. The van der Waals surface area contributed by atoms with Crippen LogP contribution in [-0.2, 0) is 10.0 Å². The number of ether oxygens (including phenoxy) is 4. The van der Waals surface area contributed by atoms with E-state index in [1.54, 1.807) is 20.3 Å². The summed E-state index contributed by atoms with van der Waals surface area (Å²) >= 11 is 0. The highest BCUT2D eigenvalue weighted by Gasteiger charge is 2.30. The molecule has 0 aliphatic carbocycles. The van der Waals surface area contributed by atoms with Crippen molar-refractivity contribution >= 4 is 15.7 Å². The van der Waals surface area contributed by atoms with Gasteiger partial charge in [-0.1, -0.05) is 0 Å². The molecule has 0 radical (unpaired) electrons. The maximum atomic E-state index is 13.1. The number of piperazine rings is 1. The molecule has 0 amide bonds. The fraction of sp³-hybridized carbons (Fsp3) is 0.400. The maximum absolute atomic E-state index is 13.1. The van der Waals surface area contributed by atoms with Crippen LogP contribution in [0.5, 0.6) is 23.0 Å². The van der Waals surface area contributed by atoms with Gasteiger partial charge in [-0.05, 0) is 24.3 Å². The number of benzene rings is 2. The monoisotopic (exact) mass is 422 g/mol. The van der Waals surface area contributed by atoms with Crippen molar-refractivity contribution in [3.05, 3.63) is 36.4 Å². The van der Waals surface area contributed by atoms with Crippen LogP contribution >= 0.6 is 0 Å². The first-order chi connectivity index (χ1) is 13.9. The molecule has 1 fully saturated rings. The van der Waals surface area contributed by atoms with Crippen molar-refractivity contribution in [1.82, 2.24) is 4.31 Å². The molecule has 1 aliphatic rings. The molecule has 1 aliphatic heterocycles. The summed E-state index contributed by atoms with van der Waals surface area (Å²) in [5.74, 6) is 2.28. The highest BCUT2D eigenvalue weighted by molar-refractivity contribution is 7.89. The Morgan fingerprint density at radius 2 is 1.38 bits per heavy atom. The van der Waals surface area contributed by atoms with E-state index in [1.807, 2.05) is 18.2 Å². The van der Waals surface area contributed by atoms with Crippen molar-refractivity contribution in [3.8, 4) is 23.0 Å². The van der Waals surface area contributed by atoms with Crippen molar-refractivity contribution in [3.63, 3.8) is 0 Å². The van der Waals surface area contributed by atoms with Crippen LogP contribution in [0.3, 0.4) is 0 Å². The van der Waals surface area contributed by atoms with Crippen molar-refractivity contribution < 1.29 is 27.4 Å². The zero-order valence-corrected chi connectivity index (χ0v) is 17.9. The van der Waals surface area contributed by atoms with Gasteiger partial charge in [-0.2, -0.15) is 4.31 Å². The molecule has 9 heteroatoms. The molecule has 1 saturated heterocycles. The third-order valence-electron chi connectivity index (χ3n) is 4.96. The molecule has 0 N–H and O–H groups in total. The number of sulfonamides is 1. The molecule has 2 aromatic rings. The SMILES string of the molecule is COc1ccc(N2CCN(S(=O)(=O)c3ccc(OC)c(OC)c3)CC2)c(OC)c1. The lowest BCUT2D eigenvalue weighted by atomic mass is 10.2. The molecule has 0 aromatic heterocycles. The topological polar surface area (TPSA) is 77.5 Å². The summed E-state index contributed by atoms with van der Waals surface area (Å²) in [4.78, 5) is 2.30. The molecule has 8 nitrogen and oxygen atoms in total. The third-order valence-corrected chi connectivity index (χ3v) is 6.85. The molecule has 0 atom stereocenters.